The molecule has 0 bridgehead atoms. The van der Waals surface area contributed by atoms with E-state index in [4.69, 9.17) is 29.9 Å². The van der Waals surface area contributed by atoms with Crippen molar-refractivity contribution in [3.63, 3.8) is 0 Å². The maximum absolute atomic E-state index is 5.27. The monoisotopic (exact) mass is 845 g/mol. The Bertz CT molecular complexity index is 3380. The molecule has 0 aliphatic carbocycles. The lowest BCUT2D eigenvalue weighted by molar-refractivity contribution is 1.07. The van der Waals surface area contributed by atoms with E-state index in [1.807, 2.05) is 121 Å². The zero-order valence-corrected chi connectivity index (χ0v) is 35.6. The Morgan fingerprint density at radius 1 is 0.197 bits per heavy atom. The highest BCUT2D eigenvalue weighted by molar-refractivity contribution is 5.88. The summed E-state index contributed by atoms with van der Waals surface area (Å²) in [7, 11) is 0. The number of benzene rings is 8. The first-order valence-corrected chi connectivity index (χ1v) is 21.8. The molecule has 0 unspecified atom stereocenters. The minimum absolute atomic E-state index is 0.581. The van der Waals surface area contributed by atoms with Crippen LogP contribution < -0.4 is 0 Å². The number of rotatable bonds is 10. The fourth-order valence-electron chi connectivity index (χ4n) is 8.21. The summed E-state index contributed by atoms with van der Waals surface area (Å²) in [5.41, 5.74) is 13.7. The first kappa shape index (κ1) is 39.8. The van der Waals surface area contributed by atoms with E-state index in [1.54, 1.807) is 6.20 Å². The van der Waals surface area contributed by atoms with Crippen molar-refractivity contribution in [3.8, 4) is 113 Å². The second-order valence-corrected chi connectivity index (χ2v) is 15.8. The maximum atomic E-state index is 5.27. The second-order valence-electron chi connectivity index (χ2n) is 15.8. The molecule has 0 amide bonds. The molecule has 0 atom stereocenters. The van der Waals surface area contributed by atoms with Gasteiger partial charge in [0, 0.05) is 51.3 Å². The van der Waals surface area contributed by atoms with Crippen LogP contribution in [0.3, 0.4) is 0 Å². The minimum Gasteiger partial charge on any atom is -0.264 e. The van der Waals surface area contributed by atoms with Crippen molar-refractivity contribution in [2.24, 2.45) is 0 Å². The first-order valence-electron chi connectivity index (χ1n) is 21.8. The van der Waals surface area contributed by atoms with E-state index in [9.17, 15) is 0 Å². The highest BCUT2D eigenvalue weighted by Crippen LogP contribution is 2.39. The van der Waals surface area contributed by atoms with Gasteiger partial charge in [-0.2, -0.15) is 0 Å². The normalized spacial score (nSPS) is 11.0. The molecule has 0 N–H and O–H groups in total. The van der Waals surface area contributed by atoms with E-state index >= 15 is 0 Å². The zero-order valence-electron chi connectivity index (χ0n) is 35.6. The molecule has 0 aliphatic rings. The summed E-state index contributed by atoms with van der Waals surface area (Å²) >= 11 is 0. The predicted molar refractivity (Wildman–Crippen MR) is 265 cm³/mol. The summed E-state index contributed by atoms with van der Waals surface area (Å²) in [6, 6.07) is 76.4. The lowest BCUT2D eigenvalue weighted by Crippen LogP contribution is -2.02. The molecule has 310 valence electrons. The van der Waals surface area contributed by atoms with Crippen LogP contribution in [0.1, 0.15) is 0 Å². The number of nitrogens with zero attached hydrogens (tertiary/aromatic N) is 7. The SMILES string of the molecule is c1ccc(-c2nc(-c3ccccc3)nc(-c3ccc(-c4cc(-c5cccnc5)cc(-c5ccccc5-c5nc(-c6ccccc6)nc(-c6ccccc6-c6ccccc6)n5)c4)cc3)n2)cc1. The lowest BCUT2D eigenvalue weighted by atomic mass is 9.91. The highest BCUT2D eigenvalue weighted by atomic mass is 15.0. The summed E-state index contributed by atoms with van der Waals surface area (Å²) < 4.78 is 0. The lowest BCUT2D eigenvalue weighted by Gasteiger charge is -2.15. The van der Waals surface area contributed by atoms with Crippen LogP contribution in [0.25, 0.3) is 113 Å². The van der Waals surface area contributed by atoms with Gasteiger partial charge in [-0.15, -0.1) is 0 Å². The molecule has 3 aromatic heterocycles. The molecule has 11 aromatic rings. The molecule has 7 nitrogen and oxygen atoms in total. The van der Waals surface area contributed by atoms with Crippen molar-refractivity contribution < 1.29 is 0 Å². The largest absolute Gasteiger partial charge is 0.264 e. The van der Waals surface area contributed by atoms with Crippen LogP contribution in [0.4, 0.5) is 0 Å². The van der Waals surface area contributed by atoms with Gasteiger partial charge in [0.1, 0.15) is 0 Å². The van der Waals surface area contributed by atoms with E-state index in [0.717, 1.165) is 77.9 Å². The Kier molecular flexibility index (Phi) is 10.8. The van der Waals surface area contributed by atoms with E-state index in [1.165, 1.54) is 0 Å². The fourth-order valence-corrected chi connectivity index (χ4v) is 8.21. The van der Waals surface area contributed by atoms with Gasteiger partial charge < -0.3 is 0 Å². The Morgan fingerprint density at radius 2 is 0.515 bits per heavy atom. The van der Waals surface area contributed by atoms with Crippen molar-refractivity contribution in [3.05, 3.63) is 237 Å². The van der Waals surface area contributed by atoms with Crippen LogP contribution in [0.5, 0.6) is 0 Å². The molecule has 66 heavy (non-hydrogen) atoms. The third-order valence-electron chi connectivity index (χ3n) is 11.5. The Morgan fingerprint density at radius 3 is 0.970 bits per heavy atom. The van der Waals surface area contributed by atoms with Gasteiger partial charge in [0.25, 0.3) is 0 Å². The van der Waals surface area contributed by atoms with Gasteiger partial charge in [-0.05, 0) is 63.2 Å². The highest BCUT2D eigenvalue weighted by Gasteiger charge is 2.19. The topological polar surface area (TPSA) is 90.2 Å². The summed E-state index contributed by atoms with van der Waals surface area (Å²) in [5, 5.41) is 0. The third kappa shape index (κ3) is 8.28. The van der Waals surface area contributed by atoms with Crippen LogP contribution in [0.2, 0.25) is 0 Å². The molecule has 8 aromatic carbocycles. The first-order chi connectivity index (χ1) is 32.7. The number of aromatic nitrogens is 7. The molecule has 0 spiro atoms. The summed E-state index contributed by atoms with van der Waals surface area (Å²) in [5.74, 6) is 3.63. The molecule has 0 radical (unpaired) electrons. The Balaban J connectivity index is 1.04. The summed E-state index contributed by atoms with van der Waals surface area (Å²) in [6.45, 7) is 0. The van der Waals surface area contributed by atoms with Gasteiger partial charge in [0.05, 0.1) is 0 Å². The zero-order chi connectivity index (χ0) is 44.1. The number of pyridine rings is 1. The van der Waals surface area contributed by atoms with Gasteiger partial charge in [-0.1, -0.05) is 200 Å². The van der Waals surface area contributed by atoms with Gasteiger partial charge in [-0.25, -0.2) is 29.9 Å². The van der Waals surface area contributed by atoms with Crippen molar-refractivity contribution in [2.45, 2.75) is 0 Å². The molecule has 0 saturated heterocycles. The van der Waals surface area contributed by atoms with Crippen molar-refractivity contribution in [2.75, 3.05) is 0 Å². The number of hydrogen-bond acceptors (Lipinski definition) is 7. The van der Waals surface area contributed by atoms with Crippen molar-refractivity contribution >= 4 is 0 Å². The molecule has 7 heteroatoms. The van der Waals surface area contributed by atoms with Crippen LogP contribution >= 0.6 is 0 Å². The molecule has 0 saturated carbocycles. The van der Waals surface area contributed by atoms with E-state index < -0.39 is 0 Å². The van der Waals surface area contributed by atoms with E-state index in [-0.39, 0.29) is 0 Å². The fraction of sp³-hybridized carbons (Fsp3) is 0. The second kappa shape index (κ2) is 18.0. The van der Waals surface area contributed by atoms with E-state index in [0.29, 0.717) is 34.9 Å². The number of hydrogen-bond donors (Lipinski definition) is 0. The van der Waals surface area contributed by atoms with Gasteiger partial charge in [-0.3, -0.25) is 4.98 Å². The summed E-state index contributed by atoms with van der Waals surface area (Å²) in [4.78, 5) is 34.9. The van der Waals surface area contributed by atoms with Crippen LogP contribution in [0, 0.1) is 0 Å². The van der Waals surface area contributed by atoms with Crippen molar-refractivity contribution in [1.82, 2.24) is 34.9 Å². The average molecular weight is 846 g/mol. The van der Waals surface area contributed by atoms with Gasteiger partial charge in [0.2, 0.25) is 0 Å². The van der Waals surface area contributed by atoms with Gasteiger partial charge in [0.15, 0.2) is 34.9 Å². The molecule has 0 aliphatic heterocycles. The molecule has 11 rings (SSSR count). The minimum atomic E-state index is 0.581. The van der Waals surface area contributed by atoms with Crippen molar-refractivity contribution in [1.29, 1.82) is 0 Å². The van der Waals surface area contributed by atoms with Crippen LogP contribution in [-0.2, 0) is 0 Å². The standard InChI is InChI=1S/C59H39N7/c1-5-18-41(19-6-1)50-27-13-15-29-52(50)58-64-56(44-24-11-4-12-25-44)65-59(66-58)53-30-16-14-28-51(53)49-37-47(36-48(38-49)46-26-17-35-60-39-46)40-31-33-45(34-32-40)57-62-54(42-20-7-2-8-21-42)61-55(63-57)43-22-9-3-10-23-43/h1-39H. The molecule has 3 heterocycles. The smallest absolute Gasteiger partial charge is 0.164 e. The molecular formula is C59H39N7. The molecule has 0 fully saturated rings. The van der Waals surface area contributed by atoms with E-state index in [2.05, 4.69) is 114 Å². The summed E-state index contributed by atoms with van der Waals surface area (Å²) in [6.07, 6.45) is 3.70. The maximum Gasteiger partial charge on any atom is 0.164 e. The molecular weight excluding hydrogens is 807 g/mol. The van der Waals surface area contributed by atoms with Gasteiger partial charge >= 0.3 is 0 Å². The predicted octanol–water partition coefficient (Wildman–Crippen LogP) is 14.1. The van der Waals surface area contributed by atoms with Crippen LogP contribution in [-0.4, -0.2) is 34.9 Å². The Labute approximate surface area is 383 Å². The third-order valence-corrected chi connectivity index (χ3v) is 11.5. The Hall–Kier alpha value is -9.07. The quantitative estimate of drug-likeness (QED) is 0.135. The van der Waals surface area contributed by atoms with Crippen LogP contribution in [0.15, 0.2) is 237 Å². The average Bonchev–Trinajstić information content (AvgIpc) is 3.42.